The molecule has 2 aromatic carbocycles. The van der Waals surface area contributed by atoms with Crippen molar-refractivity contribution in [2.75, 3.05) is 11.1 Å². The van der Waals surface area contributed by atoms with E-state index >= 15 is 0 Å². The number of ether oxygens (including phenoxy) is 1. The van der Waals surface area contributed by atoms with Gasteiger partial charge in [0.2, 0.25) is 5.91 Å². The van der Waals surface area contributed by atoms with Crippen LogP contribution in [0.5, 0.6) is 0 Å². The summed E-state index contributed by atoms with van der Waals surface area (Å²) in [4.78, 5) is 12.1. The number of nitrogens with two attached hydrogens (primary N) is 1. The fraction of sp³-hybridized carbons (Fsp3) is 0.381. The highest BCUT2D eigenvalue weighted by atomic mass is 35.5. The van der Waals surface area contributed by atoms with Crippen LogP contribution < -0.4 is 11.1 Å². The normalized spacial score (nSPS) is 14.0. The number of nitrogen functional groups attached to an aromatic ring is 1. The van der Waals surface area contributed by atoms with Gasteiger partial charge >= 0.3 is 0 Å². The number of para-hydroxylation sites is 1. The summed E-state index contributed by atoms with van der Waals surface area (Å²) in [5.74, 6) is -0.00166. The van der Waals surface area contributed by atoms with Gasteiger partial charge in [-0.25, -0.2) is 0 Å². The molecule has 1 amide bonds. The van der Waals surface area contributed by atoms with E-state index in [1.165, 1.54) is 25.7 Å². The number of halogens is 1. The fourth-order valence-electron chi connectivity index (χ4n) is 3.19. The van der Waals surface area contributed by atoms with E-state index in [-0.39, 0.29) is 18.3 Å². The van der Waals surface area contributed by atoms with Gasteiger partial charge in [-0.1, -0.05) is 43.2 Å². The number of aryl methyl sites for hydroxylation is 1. The highest BCUT2D eigenvalue weighted by molar-refractivity contribution is 5.90. The Morgan fingerprint density at radius 1 is 1.08 bits per heavy atom. The highest BCUT2D eigenvalue weighted by Gasteiger charge is 2.15. The van der Waals surface area contributed by atoms with Gasteiger partial charge in [0.1, 0.15) is 0 Å². The molecule has 0 aromatic heterocycles. The smallest absolute Gasteiger partial charge is 0.224 e. The Bertz CT molecular complexity index is 697. The van der Waals surface area contributed by atoms with E-state index in [1.54, 1.807) is 0 Å². The number of hydrogen-bond donors (Lipinski definition) is 2. The van der Waals surface area contributed by atoms with Crippen LogP contribution in [-0.2, 0) is 22.6 Å². The van der Waals surface area contributed by atoms with Crippen molar-refractivity contribution in [1.82, 2.24) is 0 Å². The van der Waals surface area contributed by atoms with Crippen molar-refractivity contribution in [3.05, 3.63) is 59.7 Å². The summed E-state index contributed by atoms with van der Waals surface area (Å²) in [6.07, 6.45) is 6.41. The first-order valence-electron chi connectivity index (χ1n) is 9.04. The topological polar surface area (TPSA) is 64.4 Å². The third kappa shape index (κ3) is 6.04. The van der Waals surface area contributed by atoms with Crippen molar-refractivity contribution < 1.29 is 9.53 Å². The average molecular weight is 375 g/mol. The quantitative estimate of drug-likeness (QED) is 0.689. The van der Waals surface area contributed by atoms with Crippen LogP contribution in [0.3, 0.4) is 0 Å². The van der Waals surface area contributed by atoms with Crippen LogP contribution in [0.1, 0.15) is 43.2 Å². The number of carbonyl (C=O) groups excluding carboxylic acids is 1. The SMILES string of the molecule is Cl.Nc1ccccc1CCC(=O)Nc1ccc(COC2CCCC2)cc1. The molecule has 3 rings (SSSR count). The number of nitrogens with one attached hydrogen (secondary N) is 1. The van der Waals surface area contributed by atoms with Crippen molar-refractivity contribution in [2.24, 2.45) is 0 Å². The molecule has 26 heavy (non-hydrogen) atoms. The Hall–Kier alpha value is -2.04. The Labute approximate surface area is 161 Å². The maximum atomic E-state index is 12.1. The maximum absolute atomic E-state index is 12.1. The standard InChI is InChI=1S/C21H26N2O2.ClH/c22-20-8-4-1-5-17(20)11-14-21(24)23-18-12-9-16(10-13-18)15-25-19-6-2-3-7-19;/h1,4-5,8-10,12-13,19H,2-3,6-7,11,14-15,22H2,(H,23,24);1H. The summed E-state index contributed by atoms with van der Waals surface area (Å²) in [5, 5.41) is 2.94. The molecule has 0 bridgehead atoms. The Morgan fingerprint density at radius 3 is 2.46 bits per heavy atom. The summed E-state index contributed by atoms with van der Waals surface area (Å²) in [6, 6.07) is 15.6. The van der Waals surface area contributed by atoms with Gasteiger partial charge in [-0.3, -0.25) is 4.79 Å². The molecule has 0 heterocycles. The highest BCUT2D eigenvalue weighted by Crippen LogP contribution is 2.22. The van der Waals surface area contributed by atoms with Crippen molar-refractivity contribution in [3.63, 3.8) is 0 Å². The lowest BCUT2D eigenvalue weighted by Gasteiger charge is -2.11. The minimum absolute atomic E-state index is 0. The van der Waals surface area contributed by atoms with E-state index in [2.05, 4.69) is 5.32 Å². The van der Waals surface area contributed by atoms with E-state index in [0.29, 0.717) is 25.6 Å². The van der Waals surface area contributed by atoms with Gasteiger partial charge in [-0.15, -0.1) is 12.4 Å². The molecular formula is C21H27ClN2O2. The Kier molecular flexibility index (Phi) is 7.95. The van der Waals surface area contributed by atoms with Crippen LogP contribution in [0.15, 0.2) is 48.5 Å². The predicted octanol–water partition coefficient (Wildman–Crippen LogP) is 4.72. The number of hydrogen-bond acceptors (Lipinski definition) is 3. The first-order chi connectivity index (χ1) is 12.2. The van der Waals surface area contributed by atoms with Crippen molar-refractivity contribution in [1.29, 1.82) is 0 Å². The molecule has 1 fully saturated rings. The Balaban J connectivity index is 0.00000243. The first kappa shape index (κ1) is 20.3. The average Bonchev–Trinajstić information content (AvgIpc) is 3.14. The third-order valence-electron chi connectivity index (χ3n) is 4.70. The molecule has 140 valence electrons. The van der Waals surface area contributed by atoms with Gasteiger partial charge in [0.05, 0.1) is 12.7 Å². The van der Waals surface area contributed by atoms with Gasteiger partial charge in [0.15, 0.2) is 0 Å². The maximum Gasteiger partial charge on any atom is 0.224 e. The zero-order valence-electron chi connectivity index (χ0n) is 14.9. The molecule has 0 radical (unpaired) electrons. The van der Waals surface area contributed by atoms with Crippen molar-refractivity contribution in [2.45, 2.75) is 51.2 Å². The molecular weight excluding hydrogens is 348 g/mol. The van der Waals surface area contributed by atoms with Crippen LogP contribution >= 0.6 is 12.4 Å². The second kappa shape index (κ2) is 10.2. The summed E-state index contributed by atoms with van der Waals surface area (Å²) in [7, 11) is 0. The molecule has 0 saturated heterocycles. The molecule has 5 heteroatoms. The first-order valence-corrected chi connectivity index (χ1v) is 9.04. The molecule has 0 spiro atoms. The number of carbonyl (C=O) groups is 1. The van der Waals surface area contributed by atoms with Gasteiger partial charge in [-0.2, -0.15) is 0 Å². The van der Waals surface area contributed by atoms with Gasteiger partial charge < -0.3 is 15.8 Å². The fourth-order valence-corrected chi connectivity index (χ4v) is 3.19. The number of anilines is 2. The second-order valence-corrected chi connectivity index (χ2v) is 6.66. The number of rotatable bonds is 7. The molecule has 3 N–H and O–H groups in total. The minimum atomic E-state index is -0.00166. The molecule has 0 unspecified atom stereocenters. The summed E-state index contributed by atoms with van der Waals surface area (Å²) in [5.41, 5.74) is 9.61. The van der Waals surface area contributed by atoms with E-state index in [0.717, 1.165) is 22.5 Å². The molecule has 2 aromatic rings. The van der Waals surface area contributed by atoms with Crippen LogP contribution in [0, 0.1) is 0 Å². The van der Waals surface area contributed by atoms with Crippen molar-refractivity contribution >= 4 is 29.7 Å². The molecule has 1 aliphatic rings. The molecule has 1 saturated carbocycles. The number of benzene rings is 2. The molecule has 4 nitrogen and oxygen atoms in total. The number of amides is 1. The minimum Gasteiger partial charge on any atom is -0.399 e. The summed E-state index contributed by atoms with van der Waals surface area (Å²) >= 11 is 0. The van der Waals surface area contributed by atoms with Crippen LogP contribution in [0.2, 0.25) is 0 Å². The Morgan fingerprint density at radius 2 is 1.77 bits per heavy atom. The third-order valence-corrected chi connectivity index (χ3v) is 4.70. The molecule has 0 atom stereocenters. The van der Waals surface area contributed by atoms with Crippen LogP contribution in [-0.4, -0.2) is 12.0 Å². The largest absolute Gasteiger partial charge is 0.399 e. The molecule has 0 aliphatic heterocycles. The lowest BCUT2D eigenvalue weighted by molar-refractivity contribution is -0.116. The van der Waals surface area contributed by atoms with E-state index in [9.17, 15) is 4.79 Å². The van der Waals surface area contributed by atoms with Crippen molar-refractivity contribution in [3.8, 4) is 0 Å². The molecule has 1 aliphatic carbocycles. The van der Waals surface area contributed by atoms with Gasteiger partial charge in [0, 0.05) is 17.8 Å². The zero-order valence-corrected chi connectivity index (χ0v) is 15.8. The zero-order chi connectivity index (χ0) is 17.5. The second-order valence-electron chi connectivity index (χ2n) is 6.66. The lowest BCUT2D eigenvalue weighted by atomic mass is 10.1. The van der Waals surface area contributed by atoms with E-state index < -0.39 is 0 Å². The monoisotopic (exact) mass is 374 g/mol. The van der Waals surface area contributed by atoms with Crippen LogP contribution in [0.4, 0.5) is 11.4 Å². The van der Waals surface area contributed by atoms with E-state index in [1.807, 2.05) is 48.5 Å². The summed E-state index contributed by atoms with van der Waals surface area (Å²) < 4.78 is 5.91. The van der Waals surface area contributed by atoms with E-state index in [4.69, 9.17) is 10.5 Å². The van der Waals surface area contributed by atoms with Crippen LogP contribution in [0.25, 0.3) is 0 Å². The summed E-state index contributed by atoms with van der Waals surface area (Å²) in [6.45, 7) is 0.645. The predicted molar refractivity (Wildman–Crippen MR) is 109 cm³/mol. The van der Waals surface area contributed by atoms with Gasteiger partial charge in [-0.05, 0) is 48.6 Å². The van der Waals surface area contributed by atoms with Gasteiger partial charge in [0.25, 0.3) is 0 Å². The lowest BCUT2D eigenvalue weighted by Crippen LogP contribution is -2.13.